The molecule has 6 heterocycles. The molecule has 0 bridgehead atoms. The molecule has 0 radical (unpaired) electrons. The fraction of sp³-hybridized carbons (Fsp3) is 0.355. The van der Waals surface area contributed by atoms with Crippen LogP contribution in [0, 0.1) is 0 Å². The third-order valence-electron chi connectivity index (χ3n) is 8.44. The summed E-state index contributed by atoms with van der Waals surface area (Å²) >= 11 is 0. The van der Waals surface area contributed by atoms with Crippen molar-refractivity contribution >= 4 is 33.6 Å². The van der Waals surface area contributed by atoms with Crippen molar-refractivity contribution in [3.8, 4) is 11.6 Å². The van der Waals surface area contributed by atoms with E-state index in [1.54, 1.807) is 21.6 Å². The summed E-state index contributed by atoms with van der Waals surface area (Å²) in [7, 11) is 2.19. The van der Waals surface area contributed by atoms with Crippen molar-refractivity contribution in [2.24, 2.45) is 0 Å². The second-order valence-corrected chi connectivity index (χ2v) is 11.0. The number of ether oxygens (including phenoxy) is 1. The maximum Gasteiger partial charge on any atom is 0.278 e. The molecule has 10 nitrogen and oxygen atoms in total. The molecule has 2 aliphatic rings. The zero-order chi connectivity index (χ0) is 28.1. The van der Waals surface area contributed by atoms with Crippen LogP contribution in [-0.4, -0.2) is 60.5 Å². The van der Waals surface area contributed by atoms with E-state index in [1.165, 1.54) is 10.9 Å². The minimum atomic E-state index is -0.186. The Hall–Kier alpha value is -4.44. The number of hydrogen-bond donors (Lipinski definition) is 1. The van der Waals surface area contributed by atoms with Gasteiger partial charge in [-0.05, 0) is 75.8 Å². The van der Waals surface area contributed by atoms with Gasteiger partial charge in [0, 0.05) is 40.9 Å². The highest BCUT2D eigenvalue weighted by molar-refractivity contribution is 5.85. The Labute approximate surface area is 237 Å². The number of rotatable bonds is 7. The Morgan fingerprint density at radius 2 is 2.00 bits per heavy atom. The lowest BCUT2D eigenvalue weighted by atomic mass is 10.0. The number of pyridine rings is 1. The lowest BCUT2D eigenvalue weighted by Gasteiger charge is -2.30. The first-order valence-electron chi connectivity index (χ1n) is 14.3. The largest absolute Gasteiger partial charge is 0.491 e. The van der Waals surface area contributed by atoms with Crippen molar-refractivity contribution < 1.29 is 4.74 Å². The topological polar surface area (TPSA) is 95.0 Å². The predicted molar refractivity (Wildman–Crippen MR) is 161 cm³/mol. The Balaban J connectivity index is 1.25. The summed E-state index contributed by atoms with van der Waals surface area (Å²) in [6.45, 7) is 9.16. The number of anilines is 2. The Bertz CT molecular complexity index is 1830. The molecule has 1 aromatic carbocycles. The van der Waals surface area contributed by atoms with Gasteiger partial charge in [-0.1, -0.05) is 13.0 Å². The van der Waals surface area contributed by atoms with E-state index in [2.05, 4.69) is 70.8 Å². The zero-order valence-electron chi connectivity index (χ0n) is 23.5. The molecular weight excluding hydrogens is 516 g/mol. The first-order chi connectivity index (χ1) is 20.0. The van der Waals surface area contributed by atoms with Gasteiger partial charge < -0.3 is 19.5 Å². The predicted octanol–water partition coefficient (Wildman–Crippen LogP) is 5.01. The molecule has 4 aromatic heterocycles. The van der Waals surface area contributed by atoms with Gasteiger partial charge in [0.1, 0.15) is 11.1 Å². The molecule has 0 saturated carbocycles. The van der Waals surface area contributed by atoms with E-state index in [9.17, 15) is 4.79 Å². The van der Waals surface area contributed by atoms with Crippen molar-refractivity contribution in [1.82, 2.24) is 33.8 Å². The normalized spacial score (nSPS) is 17.7. The zero-order valence-corrected chi connectivity index (χ0v) is 23.5. The number of fused-ring (bicyclic) bond motifs is 3. The Morgan fingerprint density at radius 1 is 1.15 bits per heavy atom. The number of nitrogens with one attached hydrogen (secondary N) is 1. The molecule has 2 aliphatic heterocycles. The molecule has 1 saturated heterocycles. The SMILES string of the molecule is C=CCn1c(=O)c2cnc(Nc3ccc4c(ccn4C4CCN(C)CC4)c3)nc2n1-c1ccc2c(n1)C(CC)CO2. The van der Waals surface area contributed by atoms with Gasteiger partial charge in [0.2, 0.25) is 5.95 Å². The van der Waals surface area contributed by atoms with Gasteiger partial charge >= 0.3 is 0 Å². The summed E-state index contributed by atoms with van der Waals surface area (Å²) < 4.78 is 11.6. The second kappa shape index (κ2) is 10.2. The first-order valence-corrected chi connectivity index (χ1v) is 14.3. The molecule has 210 valence electrons. The van der Waals surface area contributed by atoms with Crippen LogP contribution in [0.15, 0.2) is 66.2 Å². The smallest absolute Gasteiger partial charge is 0.278 e. The van der Waals surface area contributed by atoms with Gasteiger partial charge in [0.25, 0.3) is 5.56 Å². The van der Waals surface area contributed by atoms with E-state index < -0.39 is 0 Å². The summed E-state index contributed by atoms with van der Waals surface area (Å²) in [4.78, 5) is 30.0. The van der Waals surface area contributed by atoms with Crippen molar-refractivity contribution in [3.05, 3.63) is 77.5 Å². The lowest BCUT2D eigenvalue weighted by Crippen LogP contribution is -2.31. The van der Waals surface area contributed by atoms with Gasteiger partial charge in [-0.15, -0.1) is 6.58 Å². The van der Waals surface area contributed by atoms with Crippen LogP contribution < -0.4 is 15.6 Å². The van der Waals surface area contributed by atoms with Crippen LogP contribution in [0.4, 0.5) is 11.6 Å². The summed E-state index contributed by atoms with van der Waals surface area (Å²) in [5.41, 5.74) is 3.33. The number of hydrogen-bond acceptors (Lipinski definition) is 7. The van der Waals surface area contributed by atoms with Crippen molar-refractivity contribution in [2.45, 2.75) is 44.7 Å². The van der Waals surface area contributed by atoms with Crippen molar-refractivity contribution in [2.75, 3.05) is 32.1 Å². The number of piperidine rings is 1. The molecule has 41 heavy (non-hydrogen) atoms. The Kier molecular flexibility index (Phi) is 6.34. The van der Waals surface area contributed by atoms with E-state index in [0.717, 1.165) is 49.5 Å². The number of allylic oxidation sites excluding steroid dienone is 1. The van der Waals surface area contributed by atoms with E-state index in [0.29, 0.717) is 42.0 Å². The fourth-order valence-electron chi connectivity index (χ4n) is 6.14. The number of aromatic nitrogens is 6. The van der Waals surface area contributed by atoms with Crippen molar-refractivity contribution in [3.63, 3.8) is 0 Å². The van der Waals surface area contributed by atoms with Crippen LogP contribution in [0.25, 0.3) is 27.8 Å². The number of likely N-dealkylation sites (tertiary alicyclic amines) is 1. The van der Waals surface area contributed by atoms with Crippen LogP contribution in [0.1, 0.15) is 43.8 Å². The molecular formula is C31H34N8O2. The summed E-state index contributed by atoms with van der Waals surface area (Å²) in [6.07, 6.45) is 8.73. The van der Waals surface area contributed by atoms with Crippen LogP contribution in [0.3, 0.4) is 0 Å². The van der Waals surface area contributed by atoms with E-state index in [-0.39, 0.29) is 11.5 Å². The average molecular weight is 551 g/mol. The molecule has 1 fully saturated rings. The Morgan fingerprint density at radius 3 is 2.80 bits per heavy atom. The van der Waals surface area contributed by atoms with E-state index in [4.69, 9.17) is 14.7 Å². The van der Waals surface area contributed by atoms with E-state index >= 15 is 0 Å². The van der Waals surface area contributed by atoms with Gasteiger partial charge in [0.05, 0.1) is 18.8 Å². The third-order valence-corrected chi connectivity index (χ3v) is 8.44. The highest BCUT2D eigenvalue weighted by Gasteiger charge is 2.26. The van der Waals surface area contributed by atoms with Crippen LogP contribution >= 0.6 is 0 Å². The molecule has 7 rings (SSSR count). The van der Waals surface area contributed by atoms with Gasteiger partial charge in [-0.25, -0.2) is 19.3 Å². The molecule has 1 N–H and O–H groups in total. The molecule has 0 spiro atoms. The minimum absolute atomic E-state index is 0.186. The number of benzene rings is 1. The summed E-state index contributed by atoms with van der Waals surface area (Å²) in [5.74, 6) is 2.05. The van der Waals surface area contributed by atoms with E-state index in [1.807, 2.05) is 12.1 Å². The maximum atomic E-state index is 13.4. The van der Waals surface area contributed by atoms with Gasteiger partial charge in [0.15, 0.2) is 11.5 Å². The molecule has 0 amide bonds. The molecule has 0 aliphatic carbocycles. The molecule has 1 atom stereocenters. The standard InChI is InChI=1S/C31H34N8O2/c1-4-13-38-30(40)24-18-32-31(35-29(24)39(38)27-9-8-26-28(34-27)20(5-2)19-41-26)33-22-6-7-25-21(17-22)10-16-37(25)23-11-14-36(3)15-12-23/h4,6-10,16-18,20,23H,1,5,11-15,19H2,2-3H3,(H,32,33,35). The average Bonchev–Trinajstić information content (AvgIpc) is 3.67. The molecule has 5 aromatic rings. The monoisotopic (exact) mass is 550 g/mol. The maximum absolute atomic E-state index is 13.4. The lowest BCUT2D eigenvalue weighted by molar-refractivity contribution is 0.224. The quantitative estimate of drug-likeness (QED) is 0.285. The summed E-state index contributed by atoms with van der Waals surface area (Å²) in [6, 6.07) is 12.8. The minimum Gasteiger partial charge on any atom is -0.491 e. The third kappa shape index (κ3) is 4.39. The van der Waals surface area contributed by atoms with Crippen LogP contribution in [0.2, 0.25) is 0 Å². The van der Waals surface area contributed by atoms with Crippen LogP contribution in [0.5, 0.6) is 5.75 Å². The highest BCUT2D eigenvalue weighted by Crippen LogP contribution is 2.35. The second-order valence-electron chi connectivity index (χ2n) is 11.0. The summed E-state index contributed by atoms with van der Waals surface area (Å²) in [5, 5.41) is 4.95. The highest BCUT2D eigenvalue weighted by atomic mass is 16.5. The van der Waals surface area contributed by atoms with Crippen LogP contribution in [-0.2, 0) is 6.54 Å². The molecule has 1 unspecified atom stereocenters. The van der Waals surface area contributed by atoms with Gasteiger partial charge in [-0.2, -0.15) is 4.98 Å². The van der Waals surface area contributed by atoms with Crippen molar-refractivity contribution in [1.29, 1.82) is 0 Å². The van der Waals surface area contributed by atoms with Gasteiger partial charge in [-0.3, -0.25) is 4.79 Å². The number of nitrogens with zero attached hydrogens (tertiary/aromatic N) is 7. The fourth-order valence-corrected chi connectivity index (χ4v) is 6.14. The first kappa shape index (κ1) is 25.5. The molecule has 10 heteroatoms.